The number of thiazole rings is 1. The maximum absolute atomic E-state index is 9.13. The summed E-state index contributed by atoms with van der Waals surface area (Å²) in [7, 11) is 1.82. The third-order valence-corrected chi connectivity index (χ3v) is 3.85. The van der Waals surface area contributed by atoms with Crippen molar-refractivity contribution >= 4 is 22.3 Å². The number of nitrogens with zero attached hydrogens (tertiary/aromatic N) is 4. The molecule has 0 spiro atoms. The Morgan fingerprint density at radius 2 is 2.33 bits per heavy atom. The average molecular weight is 259 g/mol. The highest BCUT2D eigenvalue weighted by Gasteiger charge is 2.26. The zero-order chi connectivity index (χ0) is 12.7. The minimum atomic E-state index is 0.584. The molecule has 0 radical (unpaired) electrons. The summed E-state index contributed by atoms with van der Waals surface area (Å²) in [6.07, 6.45) is 2.49. The van der Waals surface area contributed by atoms with Crippen LogP contribution in [0, 0.1) is 18.3 Å². The number of aryl methyl sites for hydroxylation is 2. The van der Waals surface area contributed by atoms with E-state index in [9.17, 15) is 0 Å². The Bertz CT molecular complexity index is 629. The summed E-state index contributed by atoms with van der Waals surface area (Å²) >= 11 is 1.58. The maximum atomic E-state index is 9.13. The maximum Gasteiger partial charge on any atom is 0.188 e. The summed E-state index contributed by atoms with van der Waals surface area (Å²) < 4.78 is 1.69. The van der Waals surface area contributed by atoms with Crippen LogP contribution < -0.4 is 5.32 Å². The van der Waals surface area contributed by atoms with Crippen molar-refractivity contribution in [3.8, 4) is 6.07 Å². The first-order valence-corrected chi connectivity index (χ1v) is 6.73. The van der Waals surface area contributed by atoms with Gasteiger partial charge in [-0.05, 0) is 19.8 Å². The third-order valence-electron chi connectivity index (χ3n) is 3.08. The van der Waals surface area contributed by atoms with Gasteiger partial charge in [0.15, 0.2) is 5.13 Å². The molecule has 2 aromatic rings. The fourth-order valence-electron chi connectivity index (χ4n) is 1.95. The van der Waals surface area contributed by atoms with Gasteiger partial charge in [-0.25, -0.2) is 4.98 Å². The molecule has 3 rings (SSSR count). The van der Waals surface area contributed by atoms with Crippen LogP contribution >= 0.6 is 11.3 Å². The van der Waals surface area contributed by atoms with Gasteiger partial charge >= 0.3 is 0 Å². The van der Waals surface area contributed by atoms with E-state index in [-0.39, 0.29) is 0 Å². The van der Waals surface area contributed by atoms with Gasteiger partial charge in [-0.15, -0.1) is 11.3 Å². The lowest BCUT2D eigenvalue weighted by atomic mass is 10.3. The van der Waals surface area contributed by atoms with Gasteiger partial charge in [-0.1, -0.05) is 0 Å². The Balaban J connectivity index is 1.89. The second kappa shape index (κ2) is 4.10. The van der Waals surface area contributed by atoms with Crippen LogP contribution in [-0.2, 0) is 7.05 Å². The molecule has 2 aromatic heterocycles. The molecule has 0 atom stereocenters. The van der Waals surface area contributed by atoms with E-state index in [1.807, 2.05) is 14.0 Å². The van der Waals surface area contributed by atoms with Crippen molar-refractivity contribution in [2.75, 3.05) is 5.32 Å². The molecule has 2 heterocycles. The smallest absolute Gasteiger partial charge is 0.188 e. The van der Waals surface area contributed by atoms with Gasteiger partial charge in [0.05, 0.1) is 11.4 Å². The summed E-state index contributed by atoms with van der Waals surface area (Å²) in [5.41, 5.74) is 2.49. The topological polar surface area (TPSA) is 66.5 Å². The van der Waals surface area contributed by atoms with Crippen LogP contribution in [0.3, 0.4) is 0 Å². The molecular weight excluding hydrogens is 246 g/mol. The lowest BCUT2D eigenvalue weighted by molar-refractivity contribution is 0.764. The standard InChI is InChI=1S/C12H13N5S/c1-7-9(5-13)11(17(2)16-7)15-12-14-10(6-18-12)8-3-4-8/h6,8H,3-4H2,1-2H3,(H,14,15). The number of aromatic nitrogens is 3. The first-order valence-electron chi connectivity index (χ1n) is 5.85. The molecule has 0 amide bonds. The predicted octanol–water partition coefficient (Wildman–Crippen LogP) is 2.68. The number of nitriles is 1. The second-order valence-electron chi connectivity index (χ2n) is 4.52. The molecule has 18 heavy (non-hydrogen) atoms. The quantitative estimate of drug-likeness (QED) is 0.920. The molecule has 5 nitrogen and oxygen atoms in total. The Morgan fingerprint density at radius 3 is 3.00 bits per heavy atom. The summed E-state index contributed by atoms with van der Waals surface area (Å²) in [6.45, 7) is 1.83. The van der Waals surface area contributed by atoms with Gasteiger partial charge in [0, 0.05) is 18.3 Å². The number of anilines is 2. The second-order valence-corrected chi connectivity index (χ2v) is 5.38. The summed E-state index contributed by atoms with van der Waals surface area (Å²) in [5, 5.41) is 19.5. The van der Waals surface area contributed by atoms with Gasteiger partial charge in [0.1, 0.15) is 17.5 Å². The highest BCUT2D eigenvalue weighted by Crippen LogP contribution is 2.41. The molecule has 1 saturated carbocycles. The molecule has 0 aliphatic heterocycles. The number of hydrogen-bond donors (Lipinski definition) is 1. The van der Waals surface area contributed by atoms with E-state index < -0.39 is 0 Å². The zero-order valence-corrected chi connectivity index (χ0v) is 11.1. The molecule has 1 N–H and O–H groups in total. The lowest BCUT2D eigenvalue weighted by Crippen LogP contribution is -2.00. The Kier molecular flexibility index (Phi) is 2.56. The van der Waals surface area contributed by atoms with Crippen LogP contribution in [0.5, 0.6) is 0 Å². The van der Waals surface area contributed by atoms with E-state index in [1.165, 1.54) is 18.5 Å². The molecule has 6 heteroatoms. The largest absolute Gasteiger partial charge is 0.315 e. The van der Waals surface area contributed by atoms with E-state index >= 15 is 0 Å². The first kappa shape index (κ1) is 11.2. The van der Waals surface area contributed by atoms with E-state index in [0.29, 0.717) is 17.3 Å². The molecule has 1 aliphatic carbocycles. The minimum absolute atomic E-state index is 0.584. The highest BCUT2D eigenvalue weighted by atomic mass is 32.1. The average Bonchev–Trinajstić information content (AvgIpc) is 3.03. The molecule has 1 fully saturated rings. The summed E-state index contributed by atoms with van der Waals surface area (Å²) in [6, 6.07) is 2.18. The fraction of sp³-hybridized carbons (Fsp3) is 0.417. The van der Waals surface area contributed by atoms with Crippen LogP contribution in [0.4, 0.5) is 10.9 Å². The number of rotatable bonds is 3. The van der Waals surface area contributed by atoms with Crippen molar-refractivity contribution in [2.24, 2.45) is 7.05 Å². The molecular formula is C12H13N5S. The van der Waals surface area contributed by atoms with Crippen LogP contribution in [0.1, 0.15) is 35.7 Å². The molecule has 0 saturated heterocycles. The summed E-state index contributed by atoms with van der Waals surface area (Å²) in [4.78, 5) is 4.55. The van der Waals surface area contributed by atoms with Crippen molar-refractivity contribution < 1.29 is 0 Å². The highest BCUT2D eigenvalue weighted by molar-refractivity contribution is 7.13. The van der Waals surface area contributed by atoms with Crippen molar-refractivity contribution in [2.45, 2.75) is 25.7 Å². The van der Waals surface area contributed by atoms with Crippen LogP contribution in [0.2, 0.25) is 0 Å². The zero-order valence-electron chi connectivity index (χ0n) is 10.3. The van der Waals surface area contributed by atoms with Gasteiger partial charge in [-0.2, -0.15) is 10.4 Å². The normalized spacial score (nSPS) is 14.5. The Morgan fingerprint density at radius 1 is 1.56 bits per heavy atom. The predicted molar refractivity (Wildman–Crippen MR) is 70.0 cm³/mol. The van der Waals surface area contributed by atoms with Crippen LogP contribution in [-0.4, -0.2) is 14.8 Å². The van der Waals surface area contributed by atoms with Crippen molar-refractivity contribution in [1.82, 2.24) is 14.8 Å². The number of nitrogens with one attached hydrogen (secondary N) is 1. The number of hydrogen-bond acceptors (Lipinski definition) is 5. The van der Waals surface area contributed by atoms with Crippen LogP contribution in [0.15, 0.2) is 5.38 Å². The van der Waals surface area contributed by atoms with Crippen molar-refractivity contribution in [3.63, 3.8) is 0 Å². The Labute approximate surface area is 109 Å². The van der Waals surface area contributed by atoms with E-state index in [4.69, 9.17) is 5.26 Å². The van der Waals surface area contributed by atoms with Gasteiger partial charge in [0.2, 0.25) is 0 Å². The van der Waals surface area contributed by atoms with Gasteiger partial charge < -0.3 is 5.32 Å². The Hall–Kier alpha value is -1.87. The summed E-state index contributed by atoms with van der Waals surface area (Å²) in [5.74, 6) is 1.37. The lowest BCUT2D eigenvalue weighted by Gasteiger charge is -2.02. The molecule has 0 aromatic carbocycles. The van der Waals surface area contributed by atoms with E-state index in [1.54, 1.807) is 16.0 Å². The molecule has 92 valence electrons. The minimum Gasteiger partial charge on any atom is -0.315 e. The monoisotopic (exact) mass is 259 g/mol. The van der Waals surface area contributed by atoms with Crippen molar-refractivity contribution in [1.29, 1.82) is 5.26 Å². The fourth-order valence-corrected chi connectivity index (χ4v) is 2.74. The first-order chi connectivity index (χ1) is 8.69. The van der Waals surface area contributed by atoms with Gasteiger partial charge in [-0.3, -0.25) is 4.68 Å². The van der Waals surface area contributed by atoms with Crippen molar-refractivity contribution in [3.05, 3.63) is 22.3 Å². The van der Waals surface area contributed by atoms with Gasteiger partial charge in [0.25, 0.3) is 0 Å². The molecule has 0 unspecified atom stereocenters. The SMILES string of the molecule is Cc1nn(C)c(Nc2nc(C3CC3)cs2)c1C#N. The molecule has 1 aliphatic rings. The van der Waals surface area contributed by atoms with E-state index in [0.717, 1.165) is 10.8 Å². The van der Waals surface area contributed by atoms with Crippen LogP contribution in [0.25, 0.3) is 0 Å². The third kappa shape index (κ3) is 1.87. The van der Waals surface area contributed by atoms with E-state index in [2.05, 4.69) is 26.8 Å². The molecule has 0 bridgehead atoms.